The van der Waals surface area contributed by atoms with Crippen LogP contribution in [-0.2, 0) is 11.2 Å². The number of rotatable bonds is 4. The lowest BCUT2D eigenvalue weighted by Crippen LogP contribution is -2.35. The van der Waals surface area contributed by atoms with Crippen LogP contribution in [0.5, 0.6) is 0 Å². The molecule has 1 unspecified atom stereocenters. The largest absolute Gasteiger partial charge is 0.319 e. The summed E-state index contributed by atoms with van der Waals surface area (Å²) in [4.78, 5) is 11.5. The quantitative estimate of drug-likeness (QED) is 0.618. The minimum absolute atomic E-state index is 0.224. The van der Waals surface area contributed by atoms with Gasteiger partial charge >= 0.3 is 0 Å². The number of nitrogens with zero attached hydrogens (tertiary/aromatic N) is 1. The highest BCUT2D eigenvalue weighted by molar-refractivity contribution is 5.94. The summed E-state index contributed by atoms with van der Waals surface area (Å²) in [7, 11) is 0. The molecule has 80 valence electrons. The van der Waals surface area contributed by atoms with Gasteiger partial charge in [0.25, 0.3) is 0 Å². The van der Waals surface area contributed by atoms with Gasteiger partial charge < -0.3 is 11.1 Å². The van der Waals surface area contributed by atoms with E-state index in [2.05, 4.69) is 21.4 Å². The molecule has 0 aromatic carbocycles. The number of amides is 1. The van der Waals surface area contributed by atoms with Crippen molar-refractivity contribution in [3.05, 3.63) is 11.8 Å². The second-order valence-corrected chi connectivity index (χ2v) is 3.13. The normalized spacial score (nSPS) is 11.8. The predicted molar refractivity (Wildman–Crippen MR) is 58.0 cm³/mol. The summed E-state index contributed by atoms with van der Waals surface area (Å²) in [6.07, 6.45) is 7.75. The van der Waals surface area contributed by atoms with E-state index in [4.69, 9.17) is 12.2 Å². The molecular weight excluding hydrogens is 192 g/mol. The third kappa shape index (κ3) is 2.82. The number of hydrogen-bond donors (Lipinski definition) is 3. The fourth-order valence-corrected chi connectivity index (χ4v) is 1.12. The fourth-order valence-electron chi connectivity index (χ4n) is 1.12. The van der Waals surface area contributed by atoms with Crippen LogP contribution in [-0.4, -0.2) is 22.1 Å². The average Bonchev–Trinajstić information content (AvgIpc) is 2.65. The first kappa shape index (κ1) is 11.3. The van der Waals surface area contributed by atoms with E-state index in [0.29, 0.717) is 5.82 Å². The number of aromatic amines is 1. The zero-order valence-corrected chi connectivity index (χ0v) is 8.58. The zero-order chi connectivity index (χ0) is 11.3. The molecule has 0 aliphatic rings. The molecule has 1 rings (SSSR count). The van der Waals surface area contributed by atoms with Crippen molar-refractivity contribution in [2.24, 2.45) is 5.73 Å². The first-order valence-electron chi connectivity index (χ1n) is 4.71. The number of carbonyl (C=O) groups excluding carboxylic acids is 1. The molecule has 15 heavy (non-hydrogen) atoms. The predicted octanol–water partition coefficient (Wildman–Crippen LogP) is 0.261. The molecule has 1 amide bonds. The maximum atomic E-state index is 11.5. The highest BCUT2D eigenvalue weighted by Crippen LogP contribution is 2.11. The van der Waals surface area contributed by atoms with Crippen molar-refractivity contribution in [1.82, 2.24) is 10.2 Å². The molecule has 0 aliphatic carbocycles. The molecule has 1 aromatic rings. The van der Waals surface area contributed by atoms with Crippen LogP contribution in [0.1, 0.15) is 18.9 Å². The van der Waals surface area contributed by atoms with Crippen LogP contribution in [0, 0.1) is 12.3 Å². The SMILES string of the molecule is C#CCC(N)C(=O)Nc1[nH]ncc1CC. The van der Waals surface area contributed by atoms with Crippen LogP contribution in [0.3, 0.4) is 0 Å². The topological polar surface area (TPSA) is 83.8 Å². The number of anilines is 1. The maximum Gasteiger partial charge on any atom is 0.243 e. The second kappa shape index (κ2) is 5.17. The Morgan fingerprint density at radius 3 is 3.20 bits per heavy atom. The Morgan fingerprint density at radius 1 is 1.87 bits per heavy atom. The minimum Gasteiger partial charge on any atom is -0.319 e. The van der Waals surface area contributed by atoms with Gasteiger partial charge in [-0.2, -0.15) is 5.10 Å². The molecule has 5 heteroatoms. The molecule has 0 radical (unpaired) electrons. The maximum absolute atomic E-state index is 11.5. The van der Waals surface area contributed by atoms with Gasteiger partial charge in [-0.3, -0.25) is 9.89 Å². The Hall–Kier alpha value is -1.80. The van der Waals surface area contributed by atoms with E-state index in [0.717, 1.165) is 12.0 Å². The van der Waals surface area contributed by atoms with E-state index in [-0.39, 0.29) is 12.3 Å². The van der Waals surface area contributed by atoms with Crippen LogP contribution >= 0.6 is 0 Å². The molecule has 0 spiro atoms. The van der Waals surface area contributed by atoms with E-state index in [1.54, 1.807) is 6.20 Å². The highest BCUT2D eigenvalue weighted by atomic mass is 16.2. The third-order valence-electron chi connectivity index (χ3n) is 2.02. The first-order valence-corrected chi connectivity index (χ1v) is 4.71. The lowest BCUT2D eigenvalue weighted by atomic mass is 10.2. The number of aryl methyl sites for hydroxylation is 1. The van der Waals surface area contributed by atoms with Gasteiger partial charge in [0, 0.05) is 12.0 Å². The van der Waals surface area contributed by atoms with Gasteiger partial charge in [-0.15, -0.1) is 12.3 Å². The van der Waals surface area contributed by atoms with Gasteiger partial charge in [0.1, 0.15) is 5.82 Å². The standard InChI is InChI=1S/C10H14N4O/c1-3-5-8(11)10(15)13-9-7(4-2)6-12-14-9/h1,6,8H,4-5,11H2,2H3,(H2,12,13,14,15). The second-order valence-electron chi connectivity index (χ2n) is 3.13. The van der Waals surface area contributed by atoms with Gasteiger partial charge in [-0.05, 0) is 6.42 Å². The summed E-state index contributed by atoms with van der Waals surface area (Å²) in [5.74, 6) is 2.64. The number of terminal acetylenes is 1. The monoisotopic (exact) mass is 206 g/mol. The van der Waals surface area contributed by atoms with Gasteiger partial charge in [-0.25, -0.2) is 0 Å². The van der Waals surface area contributed by atoms with Crippen molar-refractivity contribution in [3.8, 4) is 12.3 Å². The number of nitrogens with two attached hydrogens (primary N) is 1. The molecule has 0 fully saturated rings. The summed E-state index contributed by atoms with van der Waals surface area (Å²) in [5, 5.41) is 9.17. The van der Waals surface area contributed by atoms with Crippen molar-refractivity contribution >= 4 is 11.7 Å². The Bertz CT molecular complexity index is 377. The van der Waals surface area contributed by atoms with E-state index in [9.17, 15) is 4.79 Å². The molecule has 0 saturated carbocycles. The minimum atomic E-state index is -0.678. The zero-order valence-electron chi connectivity index (χ0n) is 8.58. The van der Waals surface area contributed by atoms with E-state index in [1.807, 2.05) is 6.92 Å². The number of H-pyrrole nitrogens is 1. The van der Waals surface area contributed by atoms with E-state index < -0.39 is 6.04 Å². The Labute approximate surface area is 88.4 Å². The van der Waals surface area contributed by atoms with Gasteiger partial charge in [0.2, 0.25) is 5.91 Å². The summed E-state index contributed by atoms with van der Waals surface area (Å²) in [5.41, 5.74) is 6.49. The van der Waals surface area contributed by atoms with Crippen molar-refractivity contribution in [2.75, 3.05) is 5.32 Å². The lowest BCUT2D eigenvalue weighted by Gasteiger charge is -2.08. The summed E-state index contributed by atoms with van der Waals surface area (Å²) < 4.78 is 0. The van der Waals surface area contributed by atoms with Crippen LogP contribution < -0.4 is 11.1 Å². The van der Waals surface area contributed by atoms with Crippen molar-refractivity contribution in [2.45, 2.75) is 25.8 Å². The number of nitrogens with one attached hydrogen (secondary N) is 2. The molecular formula is C10H14N4O. The first-order chi connectivity index (χ1) is 7.19. The van der Waals surface area contributed by atoms with Crippen molar-refractivity contribution < 1.29 is 4.79 Å². The Kier molecular flexibility index (Phi) is 3.89. The average molecular weight is 206 g/mol. The smallest absolute Gasteiger partial charge is 0.243 e. The van der Waals surface area contributed by atoms with Gasteiger partial charge in [0.05, 0.1) is 12.2 Å². The third-order valence-corrected chi connectivity index (χ3v) is 2.02. The molecule has 0 bridgehead atoms. The number of aromatic nitrogens is 2. The molecule has 0 aliphatic heterocycles. The van der Waals surface area contributed by atoms with Gasteiger partial charge in [0.15, 0.2) is 0 Å². The highest BCUT2D eigenvalue weighted by Gasteiger charge is 2.14. The molecule has 0 saturated heterocycles. The van der Waals surface area contributed by atoms with Crippen molar-refractivity contribution in [3.63, 3.8) is 0 Å². The number of carbonyl (C=O) groups is 1. The Morgan fingerprint density at radius 2 is 2.60 bits per heavy atom. The van der Waals surface area contributed by atoms with Crippen LogP contribution in [0.2, 0.25) is 0 Å². The lowest BCUT2D eigenvalue weighted by molar-refractivity contribution is -0.117. The molecule has 1 heterocycles. The van der Waals surface area contributed by atoms with E-state index in [1.165, 1.54) is 0 Å². The van der Waals surface area contributed by atoms with Crippen LogP contribution in [0.4, 0.5) is 5.82 Å². The summed E-state index contributed by atoms with van der Waals surface area (Å²) >= 11 is 0. The summed E-state index contributed by atoms with van der Waals surface area (Å²) in [6.45, 7) is 1.97. The Balaban J connectivity index is 2.62. The molecule has 4 N–H and O–H groups in total. The van der Waals surface area contributed by atoms with Crippen molar-refractivity contribution in [1.29, 1.82) is 0 Å². The fraction of sp³-hybridized carbons (Fsp3) is 0.400. The van der Waals surface area contributed by atoms with E-state index >= 15 is 0 Å². The van der Waals surface area contributed by atoms with Gasteiger partial charge in [-0.1, -0.05) is 6.92 Å². The molecule has 5 nitrogen and oxygen atoms in total. The molecule has 1 atom stereocenters. The van der Waals surface area contributed by atoms with Crippen LogP contribution in [0.15, 0.2) is 6.20 Å². The summed E-state index contributed by atoms with van der Waals surface area (Å²) in [6, 6.07) is -0.678. The number of hydrogen-bond acceptors (Lipinski definition) is 3. The van der Waals surface area contributed by atoms with Crippen LogP contribution in [0.25, 0.3) is 0 Å². The molecule has 1 aromatic heterocycles.